The van der Waals surface area contributed by atoms with Crippen LogP contribution in [0.25, 0.3) is 0 Å². The fourth-order valence-corrected chi connectivity index (χ4v) is 6.85. The van der Waals surface area contributed by atoms with Crippen LogP contribution < -0.4 is 4.74 Å². The first-order chi connectivity index (χ1) is 20.1. The molecular weight excluding hydrogens is 574 g/mol. The van der Waals surface area contributed by atoms with Crippen LogP contribution in [0.3, 0.4) is 0 Å². The lowest BCUT2D eigenvalue weighted by Crippen LogP contribution is -2.44. The maximum absolute atomic E-state index is 13.9. The van der Waals surface area contributed by atoms with Gasteiger partial charge in [-0.15, -0.1) is 0 Å². The summed E-state index contributed by atoms with van der Waals surface area (Å²) in [6.45, 7) is 11.2. The van der Waals surface area contributed by atoms with E-state index >= 15 is 0 Å². The molecule has 2 aliphatic carbocycles. The largest absolute Gasteiger partial charge is 0.449 e. The second-order valence-corrected chi connectivity index (χ2v) is 13.6. The molecule has 1 aliphatic heterocycles. The highest BCUT2D eigenvalue weighted by molar-refractivity contribution is 6.32. The van der Waals surface area contributed by atoms with Crippen LogP contribution in [0.5, 0.6) is 11.5 Å². The molecule has 1 heterocycles. The minimum absolute atomic E-state index is 0.0134. The number of ketones is 2. The Kier molecular flexibility index (Phi) is 7.71. The number of allylic oxidation sites excluding steroid dienone is 4. The molecule has 0 radical (unpaired) electrons. The van der Waals surface area contributed by atoms with E-state index in [-0.39, 0.29) is 38.9 Å². The lowest BCUT2D eigenvalue weighted by Gasteiger charge is -2.49. The van der Waals surface area contributed by atoms with E-state index in [4.69, 9.17) is 16.3 Å². The predicted octanol–water partition coefficient (Wildman–Crippen LogP) is 8.04. The molecular formula is C32H34ClN3O7. The topological polar surface area (TPSA) is 133 Å². The van der Waals surface area contributed by atoms with Gasteiger partial charge in [0.05, 0.1) is 20.9 Å². The number of nitro benzene ring substituents is 2. The minimum atomic E-state index is -0.761. The van der Waals surface area contributed by atoms with E-state index in [2.05, 4.69) is 39.5 Å². The van der Waals surface area contributed by atoms with E-state index in [9.17, 15) is 29.8 Å². The van der Waals surface area contributed by atoms with E-state index in [1.165, 1.54) is 0 Å². The standard InChI is InChI=1S/C32H34ClN3O7/c1-6-11-34-22-14-31(2,3)16-24(37)29(22)28(30-23(34)15-32(4,5)17-25(30)38)18-7-9-26(20(33)12-18)43-27-10-8-19(35(39)40)13-21(27)36(41)42/h7-10,12-13,28H,6,11,14-17H2,1-5H3. The maximum atomic E-state index is 13.9. The van der Waals surface area contributed by atoms with Gasteiger partial charge in [0, 0.05) is 53.9 Å². The molecule has 0 fully saturated rings. The molecule has 11 heteroatoms. The van der Waals surface area contributed by atoms with Crippen molar-refractivity contribution in [3.05, 3.63) is 89.8 Å². The van der Waals surface area contributed by atoms with Gasteiger partial charge in [0.1, 0.15) is 5.75 Å². The molecule has 5 rings (SSSR count). The Hall–Kier alpha value is -4.05. The zero-order valence-electron chi connectivity index (χ0n) is 24.9. The number of nitrogens with zero attached hydrogens (tertiary/aromatic N) is 3. The van der Waals surface area contributed by atoms with Crippen LogP contribution in [0.15, 0.2) is 58.9 Å². The van der Waals surface area contributed by atoms with Crippen LogP contribution in [-0.2, 0) is 9.59 Å². The van der Waals surface area contributed by atoms with Gasteiger partial charge in [-0.25, -0.2) is 0 Å². The number of hydrogen-bond donors (Lipinski definition) is 0. The molecule has 0 saturated carbocycles. The summed E-state index contributed by atoms with van der Waals surface area (Å²) in [6.07, 6.45) is 2.99. The second kappa shape index (κ2) is 10.9. The Morgan fingerprint density at radius 3 is 1.91 bits per heavy atom. The highest BCUT2D eigenvalue weighted by Gasteiger charge is 2.48. The number of hydrogen-bond acceptors (Lipinski definition) is 8. The molecule has 2 aromatic rings. The summed E-state index contributed by atoms with van der Waals surface area (Å²) in [5.41, 5.74) is 2.39. The molecule has 0 bridgehead atoms. The Bertz CT molecular complexity index is 1590. The number of ether oxygens (including phenoxy) is 1. The highest BCUT2D eigenvalue weighted by atomic mass is 35.5. The van der Waals surface area contributed by atoms with E-state index in [0.29, 0.717) is 48.9 Å². The van der Waals surface area contributed by atoms with Gasteiger partial charge in [-0.05, 0) is 53.9 Å². The summed E-state index contributed by atoms with van der Waals surface area (Å²) in [5, 5.41) is 22.9. The van der Waals surface area contributed by atoms with Gasteiger partial charge in [-0.3, -0.25) is 29.8 Å². The van der Waals surface area contributed by atoms with Crippen molar-refractivity contribution in [3.63, 3.8) is 0 Å². The lowest BCUT2D eigenvalue weighted by molar-refractivity contribution is -0.394. The first kappa shape index (κ1) is 30.4. The summed E-state index contributed by atoms with van der Waals surface area (Å²) in [6, 6.07) is 8.02. The molecule has 0 unspecified atom stereocenters. The molecule has 3 aliphatic rings. The molecule has 0 aromatic heterocycles. The van der Waals surface area contributed by atoms with Crippen molar-refractivity contribution in [2.45, 2.75) is 72.6 Å². The first-order valence-electron chi connectivity index (χ1n) is 14.3. The zero-order chi connectivity index (χ0) is 31.4. The Balaban J connectivity index is 1.63. The van der Waals surface area contributed by atoms with Gasteiger partial charge in [0.25, 0.3) is 5.69 Å². The fraction of sp³-hybridized carbons (Fsp3) is 0.438. The predicted molar refractivity (Wildman–Crippen MR) is 161 cm³/mol. The van der Waals surface area contributed by atoms with Crippen molar-refractivity contribution in [3.8, 4) is 11.5 Å². The molecule has 226 valence electrons. The number of halogens is 1. The molecule has 2 aromatic carbocycles. The molecule has 43 heavy (non-hydrogen) atoms. The van der Waals surface area contributed by atoms with Gasteiger partial charge in [0.2, 0.25) is 5.75 Å². The SMILES string of the molecule is CCCN1C2=C(C(=O)CC(C)(C)C2)C(c2ccc(Oc3ccc([N+](=O)[O-])cc3[N+](=O)[O-])c(Cl)c2)C2=C1CC(C)(C)CC2=O. The van der Waals surface area contributed by atoms with Crippen molar-refractivity contribution < 1.29 is 24.2 Å². The van der Waals surface area contributed by atoms with Crippen molar-refractivity contribution >= 4 is 34.5 Å². The first-order valence-corrected chi connectivity index (χ1v) is 14.7. The molecule has 0 spiro atoms. The number of carbonyl (C=O) groups is 2. The molecule has 0 amide bonds. The number of Topliss-reactive ketones (excluding diaryl/α,β-unsaturated/α-hetero) is 2. The number of nitro groups is 2. The van der Waals surface area contributed by atoms with Crippen LogP contribution >= 0.6 is 11.6 Å². The van der Waals surface area contributed by atoms with Crippen molar-refractivity contribution in [1.29, 1.82) is 0 Å². The number of benzene rings is 2. The van der Waals surface area contributed by atoms with Crippen LogP contribution in [0, 0.1) is 31.1 Å². The van der Waals surface area contributed by atoms with E-state index < -0.39 is 27.1 Å². The van der Waals surface area contributed by atoms with Gasteiger partial charge in [-0.2, -0.15) is 0 Å². The normalized spacial score (nSPS) is 19.7. The quantitative estimate of drug-likeness (QED) is 0.228. The average Bonchev–Trinajstić information content (AvgIpc) is 2.89. The summed E-state index contributed by atoms with van der Waals surface area (Å²) in [4.78, 5) is 51.2. The zero-order valence-corrected chi connectivity index (χ0v) is 25.6. The van der Waals surface area contributed by atoms with Crippen molar-refractivity contribution in [1.82, 2.24) is 4.90 Å². The van der Waals surface area contributed by atoms with E-state index in [1.807, 2.05) is 0 Å². The van der Waals surface area contributed by atoms with Gasteiger partial charge in [-0.1, -0.05) is 52.3 Å². The van der Waals surface area contributed by atoms with Crippen LogP contribution in [0.1, 0.15) is 78.2 Å². The summed E-state index contributed by atoms with van der Waals surface area (Å²) >= 11 is 6.69. The van der Waals surface area contributed by atoms with E-state index in [0.717, 1.165) is 36.0 Å². The van der Waals surface area contributed by atoms with Crippen LogP contribution in [-0.4, -0.2) is 32.9 Å². The van der Waals surface area contributed by atoms with Crippen molar-refractivity contribution in [2.24, 2.45) is 10.8 Å². The Morgan fingerprint density at radius 1 is 0.860 bits per heavy atom. The summed E-state index contributed by atoms with van der Waals surface area (Å²) in [5.74, 6) is -0.673. The van der Waals surface area contributed by atoms with Crippen LogP contribution in [0.2, 0.25) is 5.02 Å². The molecule has 0 atom stereocenters. The average molecular weight is 608 g/mol. The minimum Gasteiger partial charge on any atom is -0.449 e. The highest BCUT2D eigenvalue weighted by Crippen LogP contribution is 2.55. The second-order valence-electron chi connectivity index (χ2n) is 13.1. The molecule has 10 nitrogen and oxygen atoms in total. The van der Waals surface area contributed by atoms with Gasteiger partial charge >= 0.3 is 5.69 Å². The molecule has 0 saturated heterocycles. The third kappa shape index (κ3) is 5.68. The number of rotatable bonds is 7. The lowest BCUT2D eigenvalue weighted by atomic mass is 9.63. The number of non-ortho nitro benzene ring substituents is 1. The monoisotopic (exact) mass is 607 g/mol. The number of carbonyl (C=O) groups excluding carboxylic acids is 2. The third-order valence-electron chi connectivity index (χ3n) is 8.33. The van der Waals surface area contributed by atoms with Gasteiger partial charge in [0.15, 0.2) is 11.6 Å². The van der Waals surface area contributed by atoms with E-state index in [1.54, 1.807) is 18.2 Å². The summed E-state index contributed by atoms with van der Waals surface area (Å²) in [7, 11) is 0. The third-order valence-corrected chi connectivity index (χ3v) is 8.62. The summed E-state index contributed by atoms with van der Waals surface area (Å²) < 4.78 is 5.78. The van der Waals surface area contributed by atoms with Gasteiger partial charge < -0.3 is 9.64 Å². The van der Waals surface area contributed by atoms with Crippen molar-refractivity contribution in [2.75, 3.05) is 6.54 Å². The Labute approximate surface area is 254 Å². The Morgan fingerprint density at radius 2 is 1.42 bits per heavy atom. The smallest absolute Gasteiger partial charge is 0.318 e. The fourth-order valence-electron chi connectivity index (χ4n) is 6.62. The molecule has 0 N–H and O–H groups in total. The van der Waals surface area contributed by atoms with Crippen LogP contribution in [0.4, 0.5) is 11.4 Å². The maximum Gasteiger partial charge on any atom is 0.318 e.